The first-order chi connectivity index (χ1) is 9.76. The van der Waals surface area contributed by atoms with Crippen molar-refractivity contribution in [2.24, 2.45) is 5.73 Å². The van der Waals surface area contributed by atoms with Crippen LogP contribution in [0.15, 0.2) is 36.5 Å². The first-order valence-corrected chi connectivity index (χ1v) is 6.51. The highest BCUT2D eigenvalue weighted by Crippen LogP contribution is 2.15. The summed E-state index contributed by atoms with van der Waals surface area (Å²) in [5.74, 6) is -0.379. The van der Waals surface area contributed by atoms with Crippen molar-refractivity contribution in [3.63, 3.8) is 0 Å². The molecule has 20 heavy (non-hydrogen) atoms. The van der Waals surface area contributed by atoms with Gasteiger partial charge in [0.1, 0.15) is 0 Å². The van der Waals surface area contributed by atoms with Gasteiger partial charge in [0.2, 0.25) is 0 Å². The lowest BCUT2D eigenvalue weighted by Gasteiger charge is -2.09. The zero-order valence-electron chi connectivity index (χ0n) is 11.4. The molecule has 6 heteroatoms. The van der Waals surface area contributed by atoms with Crippen LogP contribution in [0.5, 0.6) is 0 Å². The van der Waals surface area contributed by atoms with Crippen molar-refractivity contribution >= 4 is 11.7 Å². The molecule has 0 spiro atoms. The van der Waals surface area contributed by atoms with Crippen molar-refractivity contribution < 1.29 is 9.53 Å². The highest BCUT2D eigenvalue weighted by Gasteiger charge is 2.14. The number of nitrogens with one attached hydrogen (secondary N) is 1. The second-order valence-corrected chi connectivity index (χ2v) is 4.11. The second kappa shape index (κ2) is 6.72. The van der Waals surface area contributed by atoms with E-state index in [0.717, 1.165) is 17.9 Å². The summed E-state index contributed by atoms with van der Waals surface area (Å²) < 4.78 is 6.56. The largest absolute Gasteiger partial charge is 0.461 e. The fourth-order valence-electron chi connectivity index (χ4n) is 1.81. The molecular weight excluding hydrogens is 256 g/mol. The number of nitrogens with zero attached hydrogens (tertiary/aromatic N) is 2. The molecule has 0 saturated heterocycles. The van der Waals surface area contributed by atoms with Gasteiger partial charge < -0.3 is 15.8 Å². The molecular formula is C14H18N4O2. The molecule has 0 radical (unpaired) electrons. The number of aromatic nitrogens is 2. The number of benzene rings is 1. The molecule has 0 fully saturated rings. The van der Waals surface area contributed by atoms with Crippen molar-refractivity contribution in [3.05, 3.63) is 42.2 Å². The van der Waals surface area contributed by atoms with Gasteiger partial charge in [-0.15, -0.1) is 0 Å². The fourth-order valence-corrected chi connectivity index (χ4v) is 1.81. The Labute approximate surface area is 117 Å². The Morgan fingerprint density at radius 2 is 2.10 bits per heavy atom. The van der Waals surface area contributed by atoms with E-state index in [9.17, 15) is 4.79 Å². The molecule has 0 aliphatic heterocycles. The zero-order valence-corrected chi connectivity index (χ0v) is 11.4. The number of hydrogen-bond acceptors (Lipinski definition) is 5. The summed E-state index contributed by atoms with van der Waals surface area (Å²) in [5.41, 5.74) is 7.63. The number of nitrogens with two attached hydrogens (primary N) is 1. The highest BCUT2D eigenvalue weighted by molar-refractivity contribution is 5.88. The quantitative estimate of drug-likeness (QED) is 0.778. The van der Waals surface area contributed by atoms with Crippen LogP contribution < -0.4 is 11.1 Å². The topological polar surface area (TPSA) is 82.2 Å². The van der Waals surface area contributed by atoms with Crippen molar-refractivity contribution in [3.8, 4) is 5.69 Å². The van der Waals surface area contributed by atoms with E-state index in [1.807, 2.05) is 24.3 Å². The molecule has 1 aromatic heterocycles. The fraction of sp³-hybridized carbons (Fsp3) is 0.286. The third-order valence-electron chi connectivity index (χ3n) is 2.71. The average Bonchev–Trinajstić information content (AvgIpc) is 2.95. The number of hydrogen-bond donors (Lipinski definition) is 2. The number of anilines is 1. The van der Waals surface area contributed by atoms with Crippen LogP contribution in [0.4, 0.5) is 5.69 Å². The van der Waals surface area contributed by atoms with Crippen molar-refractivity contribution in [2.75, 3.05) is 25.0 Å². The van der Waals surface area contributed by atoms with Gasteiger partial charge in [-0.3, -0.25) is 0 Å². The molecule has 6 nitrogen and oxygen atoms in total. The normalized spacial score (nSPS) is 10.3. The summed E-state index contributed by atoms with van der Waals surface area (Å²) in [6.07, 6.45) is 1.58. The van der Waals surface area contributed by atoms with Crippen LogP contribution in [0, 0.1) is 0 Å². The molecule has 0 amide bonds. The number of ether oxygens (including phenoxy) is 1. The Balaban J connectivity index is 2.19. The van der Waals surface area contributed by atoms with Crippen LogP contribution in [0.1, 0.15) is 17.4 Å². The molecule has 1 heterocycles. The van der Waals surface area contributed by atoms with Crippen LogP contribution >= 0.6 is 0 Å². The van der Waals surface area contributed by atoms with E-state index < -0.39 is 0 Å². The second-order valence-electron chi connectivity index (χ2n) is 4.11. The summed E-state index contributed by atoms with van der Waals surface area (Å²) in [7, 11) is 0. The maximum Gasteiger partial charge on any atom is 0.357 e. The third-order valence-corrected chi connectivity index (χ3v) is 2.71. The van der Waals surface area contributed by atoms with Gasteiger partial charge in [-0.2, -0.15) is 5.10 Å². The molecule has 1 aromatic carbocycles. The molecule has 106 valence electrons. The van der Waals surface area contributed by atoms with Gasteiger partial charge >= 0.3 is 5.97 Å². The van der Waals surface area contributed by atoms with E-state index in [-0.39, 0.29) is 5.97 Å². The van der Waals surface area contributed by atoms with Crippen LogP contribution in [0.25, 0.3) is 5.69 Å². The van der Waals surface area contributed by atoms with Gasteiger partial charge in [-0.25, -0.2) is 9.48 Å². The minimum absolute atomic E-state index is 0.339. The van der Waals surface area contributed by atoms with Gasteiger partial charge in [-0.1, -0.05) is 0 Å². The maximum absolute atomic E-state index is 11.8. The monoisotopic (exact) mass is 274 g/mol. The summed E-state index contributed by atoms with van der Waals surface area (Å²) in [4.78, 5) is 11.8. The average molecular weight is 274 g/mol. The summed E-state index contributed by atoms with van der Waals surface area (Å²) in [6.45, 7) is 3.41. The number of carbonyl (C=O) groups excluding carboxylic acids is 1. The molecule has 0 aliphatic carbocycles. The first kappa shape index (κ1) is 14.1. The molecule has 2 rings (SSSR count). The van der Waals surface area contributed by atoms with E-state index in [1.165, 1.54) is 0 Å². The summed E-state index contributed by atoms with van der Waals surface area (Å²) in [5, 5.41) is 7.34. The summed E-state index contributed by atoms with van der Waals surface area (Å²) >= 11 is 0. The molecule has 0 bridgehead atoms. The van der Waals surface area contributed by atoms with Gasteiger partial charge in [0.25, 0.3) is 0 Å². The van der Waals surface area contributed by atoms with Crippen LogP contribution in [0.2, 0.25) is 0 Å². The van der Waals surface area contributed by atoms with E-state index in [2.05, 4.69) is 10.4 Å². The Hall–Kier alpha value is -2.34. The summed E-state index contributed by atoms with van der Waals surface area (Å²) in [6, 6.07) is 9.24. The van der Waals surface area contributed by atoms with E-state index in [0.29, 0.717) is 18.8 Å². The third kappa shape index (κ3) is 3.16. The maximum atomic E-state index is 11.8. The van der Waals surface area contributed by atoms with Crippen molar-refractivity contribution in [2.45, 2.75) is 6.92 Å². The van der Waals surface area contributed by atoms with E-state index in [4.69, 9.17) is 10.5 Å². The minimum Gasteiger partial charge on any atom is -0.461 e. The van der Waals surface area contributed by atoms with Crippen LogP contribution in [-0.2, 0) is 4.74 Å². The SMILES string of the molecule is CCOC(=O)c1ccnn1-c1ccc(NCCN)cc1. The molecule has 0 atom stereocenters. The first-order valence-electron chi connectivity index (χ1n) is 6.51. The predicted octanol–water partition coefficient (Wildman–Crippen LogP) is 1.42. The number of rotatable bonds is 6. The van der Waals surface area contributed by atoms with E-state index in [1.54, 1.807) is 23.9 Å². The Morgan fingerprint density at radius 3 is 2.75 bits per heavy atom. The lowest BCUT2D eigenvalue weighted by Crippen LogP contribution is -2.13. The Bertz CT molecular complexity index is 563. The van der Waals surface area contributed by atoms with Gasteiger partial charge in [0, 0.05) is 18.8 Å². The molecule has 0 aliphatic rings. The van der Waals surface area contributed by atoms with Gasteiger partial charge in [0.05, 0.1) is 18.5 Å². The van der Waals surface area contributed by atoms with E-state index >= 15 is 0 Å². The molecule has 0 saturated carbocycles. The predicted molar refractivity (Wildman–Crippen MR) is 77.1 cm³/mol. The molecule has 2 aromatic rings. The Morgan fingerprint density at radius 1 is 1.35 bits per heavy atom. The van der Waals surface area contributed by atoms with Crippen LogP contribution in [-0.4, -0.2) is 35.4 Å². The van der Waals surface area contributed by atoms with Gasteiger partial charge in [-0.05, 0) is 37.3 Å². The Kier molecular flexibility index (Phi) is 4.73. The standard InChI is InChI=1S/C14H18N4O2/c1-2-20-14(19)13-7-9-17-18(13)12-5-3-11(4-6-12)16-10-8-15/h3-7,9,16H,2,8,10,15H2,1H3. The molecule has 3 N–H and O–H groups in total. The van der Waals surface area contributed by atoms with Crippen LogP contribution in [0.3, 0.4) is 0 Å². The van der Waals surface area contributed by atoms with Crippen molar-refractivity contribution in [1.29, 1.82) is 0 Å². The number of esters is 1. The van der Waals surface area contributed by atoms with Crippen molar-refractivity contribution in [1.82, 2.24) is 9.78 Å². The lowest BCUT2D eigenvalue weighted by atomic mass is 10.2. The minimum atomic E-state index is -0.379. The zero-order chi connectivity index (χ0) is 14.4. The number of carbonyl (C=O) groups is 1. The van der Waals surface area contributed by atoms with Gasteiger partial charge in [0.15, 0.2) is 5.69 Å². The smallest absolute Gasteiger partial charge is 0.357 e. The lowest BCUT2D eigenvalue weighted by molar-refractivity contribution is 0.0516. The molecule has 0 unspecified atom stereocenters. The highest BCUT2D eigenvalue weighted by atomic mass is 16.5.